The number of rotatable bonds is 5. The Balaban J connectivity index is 1.71. The highest BCUT2D eigenvalue weighted by Crippen LogP contribution is 2.38. The summed E-state index contributed by atoms with van der Waals surface area (Å²) in [5.74, 6) is -1.80. The van der Waals surface area contributed by atoms with Crippen molar-refractivity contribution in [1.82, 2.24) is 19.9 Å². The number of aliphatic carboxylic acids is 1. The molecule has 2 heterocycles. The number of aliphatic hydroxyl groups is 1. The quantitative estimate of drug-likeness (QED) is 0.496. The molecule has 0 saturated carbocycles. The number of carbonyl (C=O) groups is 1. The maximum atomic E-state index is 13.8. The minimum Gasteiger partial charge on any atom is -0.479 e. The molecule has 4 aromatic rings. The molecule has 158 valence electrons. The SMILES string of the molecule is O=C(O)[C@H](O)c1ccc(-c2noc(-c3cnn(-c4ccccc4)c3C(F)(F)F)n2)cc1. The molecule has 0 bridgehead atoms. The van der Waals surface area contributed by atoms with Crippen molar-refractivity contribution in [3.8, 4) is 28.5 Å². The van der Waals surface area contributed by atoms with Crippen molar-refractivity contribution in [2.75, 3.05) is 0 Å². The molecule has 4 rings (SSSR count). The van der Waals surface area contributed by atoms with Crippen molar-refractivity contribution in [3.63, 3.8) is 0 Å². The second-order valence-corrected chi connectivity index (χ2v) is 6.44. The van der Waals surface area contributed by atoms with E-state index in [4.69, 9.17) is 9.63 Å². The first-order valence-corrected chi connectivity index (χ1v) is 8.81. The van der Waals surface area contributed by atoms with Gasteiger partial charge >= 0.3 is 12.1 Å². The van der Waals surface area contributed by atoms with Crippen molar-refractivity contribution in [2.45, 2.75) is 12.3 Å². The Labute approximate surface area is 172 Å². The first-order chi connectivity index (χ1) is 14.8. The lowest BCUT2D eigenvalue weighted by Crippen LogP contribution is -2.14. The third kappa shape index (κ3) is 3.90. The fraction of sp³-hybridized carbons (Fsp3) is 0.100. The zero-order valence-corrected chi connectivity index (χ0v) is 15.5. The van der Waals surface area contributed by atoms with E-state index in [-0.39, 0.29) is 28.5 Å². The Morgan fingerprint density at radius 1 is 1.06 bits per heavy atom. The Kier molecular flexibility index (Phi) is 5.03. The molecule has 0 aliphatic heterocycles. The van der Waals surface area contributed by atoms with Crippen molar-refractivity contribution < 1.29 is 32.7 Å². The molecule has 0 aliphatic carbocycles. The molecule has 0 spiro atoms. The minimum atomic E-state index is -4.75. The van der Waals surface area contributed by atoms with Gasteiger partial charge in [-0.05, 0) is 17.7 Å². The average Bonchev–Trinajstić information content (AvgIpc) is 3.41. The van der Waals surface area contributed by atoms with Crippen LogP contribution in [-0.4, -0.2) is 36.1 Å². The average molecular weight is 430 g/mol. The lowest BCUT2D eigenvalue weighted by atomic mass is 10.1. The highest BCUT2D eigenvalue weighted by atomic mass is 19.4. The largest absolute Gasteiger partial charge is 0.479 e. The van der Waals surface area contributed by atoms with E-state index >= 15 is 0 Å². The van der Waals surface area contributed by atoms with E-state index in [0.29, 0.717) is 5.56 Å². The fourth-order valence-electron chi connectivity index (χ4n) is 2.95. The first-order valence-electron chi connectivity index (χ1n) is 8.81. The number of carboxylic acid groups (broad SMARTS) is 1. The number of aliphatic hydroxyl groups excluding tert-OH is 1. The Bertz CT molecular complexity index is 1220. The molecule has 0 saturated heterocycles. The molecule has 0 aliphatic rings. The summed E-state index contributed by atoms with van der Waals surface area (Å²) < 4.78 is 47.2. The predicted octanol–water partition coefficient (Wildman–Crippen LogP) is 3.73. The van der Waals surface area contributed by atoms with Crippen molar-refractivity contribution in [1.29, 1.82) is 0 Å². The highest BCUT2D eigenvalue weighted by Gasteiger charge is 2.40. The van der Waals surface area contributed by atoms with Gasteiger partial charge in [-0.15, -0.1) is 0 Å². The lowest BCUT2D eigenvalue weighted by Gasteiger charge is -2.11. The summed E-state index contributed by atoms with van der Waals surface area (Å²) in [4.78, 5) is 14.9. The van der Waals surface area contributed by atoms with Crippen LogP contribution in [0.4, 0.5) is 13.2 Å². The molecule has 2 N–H and O–H groups in total. The van der Waals surface area contributed by atoms with Crippen LogP contribution in [0.3, 0.4) is 0 Å². The van der Waals surface area contributed by atoms with Crippen LogP contribution in [0.1, 0.15) is 17.4 Å². The van der Waals surface area contributed by atoms with Gasteiger partial charge in [0.05, 0.1) is 17.4 Å². The molecule has 2 aromatic heterocycles. The second kappa shape index (κ2) is 7.69. The van der Waals surface area contributed by atoms with Crippen molar-refractivity contribution in [2.24, 2.45) is 0 Å². The Morgan fingerprint density at radius 2 is 1.74 bits per heavy atom. The standard InChI is InChI=1S/C20H13F3N4O4/c21-20(22,23)16-14(10-24-27(16)13-4-2-1-3-5-13)18-25-17(26-31-18)12-8-6-11(7-9-12)15(28)19(29)30/h1-10,15,28H,(H,29,30)/t15-/m1/s1. The monoisotopic (exact) mass is 430 g/mol. The van der Waals surface area contributed by atoms with Crippen LogP contribution in [0.2, 0.25) is 0 Å². The van der Waals surface area contributed by atoms with Crippen LogP contribution in [0.25, 0.3) is 28.5 Å². The normalized spacial score (nSPS) is 12.6. The molecule has 1 atom stereocenters. The van der Waals surface area contributed by atoms with Crippen LogP contribution >= 0.6 is 0 Å². The Morgan fingerprint density at radius 3 is 2.35 bits per heavy atom. The molecule has 0 unspecified atom stereocenters. The van der Waals surface area contributed by atoms with Gasteiger partial charge in [-0.3, -0.25) is 0 Å². The van der Waals surface area contributed by atoms with Gasteiger partial charge in [-0.25, -0.2) is 9.48 Å². The number of nitrogens with zero attached hydrogens (tertiary/aromatic N) is 4. The van der Waals surface area contributed by atoms with Crippen LogP contribution in [0, 0.1) is 0 Å². The summed E-state index contributed by atoms with van der Waals surface area (Å²) in [5.41, 5.74) is -0.737. The van der Waals surface area contributed by atoms with E-state index in [1.54, 1.807) is 18.2 Å². The Hall–Kier alpha value is -3.99. The molecular weight excluding hydrogens is 417 g/mol. The van der Waals surface area contributed by atoms with E-state index in [1.165, 1.54) is 36.4 Å². The van der Waals surface area contributed by atoms with Crippen molar-refractivity contribution >= 4 is 5.97 Å². The van der Waals surface area contributed by atoms with Crippen LogP contribution in [0.5, 0.6) is 0 Å². The summed E-state index contributed by atoms with van der Waals surface area (Å²) in [7, 11) is 0. The van der Waals surface area contributed by atoms with Crippen molar-refractivity contribution in [3.05, 3.63) is 72.1 Å². The molecule has 0 amide bonds. The maximum absolute atomic E-state index is 13.8. The van der Waals surface area contributed by atoms with Crippen LogP contribution in [-0.2, 0) is 11.0 Å². The van der Waals surface area contributed by atoms with E-state index in [9.17, 15) is 23.1 Å². The van der Waals surface area contributed by atoms with Gasteiger partial charge in [0, 0.05) is 5.56 Å². The topological polar surface area (TPSA) is 114 Å². The number of hydrogen-bond donors (Lipinski definition) is 2. The summed E-state index contributed by atoms with van der Waals surface area (Å²) in [6.45, 7) is 0. The van der Waals surface area contributed by atoms with E-state index in [0.717, 1.165) is 10.9 Å². The molecule has 31 heavy (non-hydrogen) atoms. The minimum absolute atomic E-state index is 0.00745. The summed E-state index contributed by atoms with van der Waals surface area (Å²) >= 11 is 0. The number of alkyl halides is 3. The number of aromatic nitrogens is 4. The third-order valence-corrected chi connectivity index (χ3v) is 4.41. The number of carboxylic acids is 1. The van der Waals surface area contributed by atoms with Crippen LogP contribution in [0.15, 0.2) is 65.3 Å². The van der Waals surface area contributed by atoms with E-state index < -0.39 is 23.9 Å². The molecule has 11 heteroatoms. The number of halogens is 3. The smallest absolute Gasteiger partial charge is 0.434 e. The predicted molar refractivity (Wildman–Crippen MR) is 99.9 cm³/mol. The van der Waals surface area contributed by atoms with Crippen LogP contribution < -0.4 is 0 Å². The third-order valence-electron chi connectivity index (χ3n) is 4.41. The number of hydrogen-bond acceptors (Lipinski definition) is 6. The van der Waals surface area contributed by atoms with Gasteiger partial charge in [0.25, 0.3) is 5.89 Å². The van der Waals surface area contributed by atoms with Gasteiger partial charge in [0.15, 0.2) is 11.8 Å². The second-order valence-electron chi connectivity index (χ2n) is 6.44. The fourth-order valence-corrected chi connectivity index (χ4v) is 2.95. The van der Waals surface area contributed by atoms with Gasteiger partial charge in [0.1, 0.15) is 0 Å². The number of para-hydroxylation sites is 1. The lowest BCUT2D eigenvalue weighted by molar-refractivity contribution is -0.147. The van der Waals surface area contributed by atoms with Gasteiger partial charge in [-0.2, -0.15) is 23.3 Å². The maximum Gasteiger partial charge on any atom is 0.434 e. The van der Waals surface area contributed by atoms with Gasteiger partial charge < -0.3 is 14.7 Å². The number of benzene rings is 2. The van der Waals surface area contributed by atoms with E-state index in [1.807, 2.05) is 0 Å². The zero-order valence-electron chi connectivity index (χ0n) is 15.5. The molecule has 8 nitrogen and oxygen atoms in total. The zero-order chi connectivity index (χ0) is 22.2. The highest BCUT2D eigenvalue weighted by molar-refractivity contribution is 5.74. The summed E-state index contributed by atoms with van der Waals surface area (Å²) in [6, 6.07) is 13.4. The van der Waals surface area contributed by atoms with Gasteiger partial charge in [-0.1, -0.05) is 47.6 Å². The molecular formula is C20H13F3N4O4. The first kappa shape index (κ1) is 20.3. The van der Waals surface area contributed by atoms with E-state index in [2.05, 4.69) is 15.2 Å². The molecule has 2 aromatic carbocycles. The summed E-state index contributed by atoms with van der Waals surface area (Å²) in [5, 5.41) is 25.9. The molecule has 0 fully saturated rings. The summed E-state index contributed by atoms with van der Waals surface area (Å²) in [6.07, 6.45) is -5.45. The molecule has 0 radical (unpaired) electrons. The van der Waals surface area contributed by atoms with Gasteiger partial charge in [0.2, 0.25) is 5.82 Å².